The number of rotatable bonds is 4. The van der Waals surface area contributed by atoms with Gasteiger partial charge >= 0.3 is 0 Å². The van der Waals surface area contributed by atoms with Crippen molar-refractivity contribution in [1.82, 2.24) is 14.5 Å². The number of benzene rings is 1. The van der Waals surface area contributed by atoms with Gasteiger partial charge in [-0.05, 0) is 31.2 Å². The molecule has 6 nitrogen and oxygen atoms in total. The van der Waals surface area contributed by atoms with Crippen molar-refractivity contribution in [2.24, 2.45) is 0 Å². The Kier molecular flexibility index (Phi) is 4.45. The summed E-state index contributed by atoms with van der Waals surface area (Å²) in [5.41, 5.74) is 2.29. The Labute approximate surface area is 159 Å². The molecule has 0 radical (unpaired) electrons. The standard InChI is InChI=1S/C20H18N4O2S/c1-3-15-23-17-14-5-4-10-21-19(14)27-18(17)20(26)24(15)11-16(25)22-13-8-6-12(2)7-9-13/h4-10H,3,11H2,1-2H3,(H,22,25). The fourth-order valence-electron chi connectivity index (χ4n) is 3.02. The van der Waals surface area contributed by atoms with Crippen molar-refractivity contribution in [3.8, 4) is 0 Å². The van der Waals surface area contributed by atoms with Crippen LogP contribution in [0, 0.1) is 6.92 Å². The Morgan fingerprint density at radius 2 is 2.00 bits per heavy atom. The van der Waals surface area contributed by atoms with Gasteiger partial charge < -0.3 is 5.32 Å². The molecule has 3 heterocycles. The number of nitrogens with zero attached hydrogens (tertiary/aromatic N) is 3. The third kappa shape index (κ3) is 3.21. The highest BCUT2D eigenvalue weighted by molar-refractivity contribution is 7.25. The lowest BCUT2D eigenvalue weighted by Crippen LogP contribution is -2.30. The molecule has 136 valence electrons. The molecule has 4 rings (SSSR count). The highest BCUT2D eigenvalue weighted by atomic mass is 32.1. The molecule has 7 heteroatoms. The van der Waals surface area contributed by atoms with Gasteiger partial charge in [-0.15, -0.1) is 11.3 Å². The maximum atomic E-state index is 13.0. The number of carbonyl (C=O) groups is 1. The normalized spacial score (nSPS) is 11.2. The summed E-state index contributed by atoms with van der Waals surface area (Å²) in [4.78, 5) is 35.3. The van der Waals surface area contributed by atoms with Crippen LogP contribution in [0.4, 0.5) is 5.69 Å². The number of anilines is 1. The monoisotopic (exact) mass is 378 g/mol. The summed E-state index contributed by atoms with van der Waals surface area (Å²) in [5.74, 6) is 0.339. The summed E-state index contributed by atoms with van der Waals surface area (Å²) in [6, 6.07) is 11.3. The fraction of sp³-hybridized carbons (Fsp3) is 0.200. The molecule has 0 unspecified atom stereocenters. The van der Waals surface area contributed by atoms with Crippen molar-refractivity contribution >= 4 is 43.4 Å². The molecule has 1 N–H and O–H groups in total. The number of carbonyl (C=O) groups excluding carboxylic acids is 1. The molecule has 0 atom stereocenters. The van der Waals surface area contributed by atoms with Crippen molar-refractivity contribution < 1.29 is 4.79 Å². The molecule has 1 amide bonds. The summed E-state index contributed by atoms with van der Waals surface area (Å²) in [6.45, 7) is 3.84. The van der Waals surface area contributed by atoms with Gasteiger partial charge in [-0.2, -0.15) is 0 Å². The molecule has 0 bridgehead atoms. The zero-order chi connectivity index (χ0) is 19.0. The third-order valence-electron chi connectivity index (χ3n) is 4.39. The van der Waals surface area contributed by atoms with Gasteiger partial charge in [0, 0.05) is 23.7 Å². The van der Waals surface area contributed by atoms with E-state index in [1.807, 2.05) is 50.2 Å². The minimum Gasteiger partial charge on any atom is -0.325 e. The average Bonchev–Trinajstić information content (AvgIpc) is 3.04. The van der Waals surface area contributed by atoms with E-state index in [0.717, 1.165) is 15.8 Å². The Balaban J connectivity index is 1.73. The Morgan fingerprint density at radius 3 is 2.74 bits per heavy atom. The molecule has 0 fully saturated rings. The van der Waals surface area contributed by atoms with E-state index in [0.29, 0.717) is 28.1 Å². The number of aromatic nitrogens is 3. The predicted molar refractivity (Wildman–Crippen MR) is 108 cm³/mol. The molecule has 0 aliphatic rings. The zero-order valence-electron chi connectivity index (χ0n) is 15.0. The maximum Gasteiger partial charge on any atom is 0.272 e. The van der Waals surface area contributed by atoms with E-state index in [1.165, 1.54) is 15.9 Å². The summed E-state index contributed by atoms with van der Waals surface area (Å²) in [6.07, 6.45) is 2.26. The van der Waals surface area contributed by atoms with E-state index >= 15 is 0 Å². The average molecular weight is 378 g/mol. The topological polar surface area (TPSA) is 76.9 Å². The second kappa shape index (κ2) is 6.92. The largest absolute Gasteiger partial charge is 0.325 e. The van der Waals surface area contributed by atoms with E-state index in [4.69, 9.17) is 0 Å². The van der Waals surface area contributed by atoms with E-state index in [-0.39, 0.29) is 18.0 Å². The third-order valence-corrected chi connectivity index (χ3v) is 5.48. The van der Waals surface area contributed by atoms with Gasteiger partial charge in [0.1, 0.15) is 21.9 Å². The highest BCUT2D eigenvalue weighted by Crippen LogP contribution is 2.28. The Hall–Kier alpha value is -3.06. The lowest BCUT2D eigenvalue weighted by atomic mass is 10.2. The molecule has 0 aliphatic carbocycles. The molecule has 0 aliphatic heterocycles. The highest BCUT2D eigenvalue weighted by Gasteiger charge is 2.17. The number of pyridine rings is 1. The molecule has 4 aromatic rings. The van der Waals surface area contributed by atoms with Crippen LogP contribution < -0.4 is 10.9 Å². The van der Waals surface area contributed by atoms with Crippen LogP contribution in [0.25, 0.3) is 20.4 Å². The number of hydrogen-bond donors (Lipinski definition) is 1. The van der Waals surface area contributed by atoms with Crippen molar-refractivity contribution in [3.05, 3.63) is 64.3 Å². The Bertz CT molecular complexity index is 1210. The SMILES string of the molecule is CCc1nc2c(sc3ncccc32)c(=O)n1CC(=O)Nc1ccc(C)cc1. The van der Waals surface area contributed by atoms with Crippen molar-refractivity contribution in [2.45, 2.75) is 26.8 Å². The quantitative estimate of drug-likeness (QED) is 0.589. The van der Waals surface area contributed by atoms with Gasteiger partial charge in [0.05, 0.1) is 5.52 Å². The first-order chi connectivity index (χ1) is 13.1. The molecule has 0 spiro atoms. The van der Waals surface area contributed by atoms with Gasteiger partial charge in [-0.3, -0.25) is 14.2 Å². The van der Waals surface area contributed by atoms with Crippen molar-refractivity contribution in [3.63, 3.8) is 0 Å². The van der Waals surface area contributed by atoms with Crippen LogP contribution in [0.3, 0.4) is 0 Å². The van der Waals surface area contributed by atoms with Gasteiger partial charge in [0.15, 0.2) is 0 Å². The molecular formula is C20H18N4O2S. The van der Waals surface area contributed by atoms with E-state index in [1.54, 1.807) is 6.20 Å². The molecule has 3 aromatic heterocycles. The smallest absolute Gasteiger partial charge is 0.272 e. The van der Waals surface area contributed by atoms with E-state index in [9.17, 15) is 9.59 Å². The second-order valence-electron chi connectivity index (χ2n) is 6.32. The van der Waals surface area contributed by atoms with Crippen LogP contribution in [0.2, 0.25) is 0 Å². The zero-order valence-corrected chi connectivity index (χ0v) is 15.8. The minimum atomic E-state index is -0.254. The van der Waals surface area contributed by atoms with Crippen LogP contribution in [0.1, 0.15) is 18.3 Å². The summed E-state index contributed by atoms with van der Waals surface area (Å²) in [7, 11) is 0. The first-order valence-electron chi connectivity index (χ1n) is 8.70. The second-order valence-corrected chi connectivity index (χ2v) is 7.32. The predicted octanol–water partition coefficient (Wildman–Crippen LogP) is 3.52. The molecule has 1 aromatic carbocycles. The maximum absolute atomic E-state index is 13.0. The van der Waals surface area contributed by atoms with Crippen molar-refractivity contribution in [1.29, 1.82) is 0 Å². The van der Waals surface area contributed by atoms with Crippen LogP contribution in [-0.4, -0.2) is 20.4 Å². The van der Waals surface area contributed by atoms with Gasteiger partial charge in [-0.25, -0.2) is 9.97 Å². The number of amides is 1. The lowest BCUT2D eigenvalue weighted by molar-refractivity contribution is -0.116. The van der Waals surface area contributed by atoms with Crippen LogP contribution in [0.15, 0.2) is 47.4 Å². The van der Waals surface area contributed by atoms with E-state index in [2.05, 4.69) is 15.3 Å². The number of hydrogen-bond acceptors (Lipinski definition) is 5. The number of aryl methyl sites for hydroxylation is 2. The van der Waals surface area contributed by atoms with Crippen molar-refractivity contribution in [2.75, 3.05) is 5.32 Å². The van der Waals surface area contributed by atoms with Gasteiger partial charge in [0.25, 0.3) is 5.56 Å². The fourth-order valence-corrected chi connectivity index (χ4v) is 4.05. The number of nitrogens with one attached hydrogen (secondary N) is 1. The molecule has 27 heavy (non-hydrogen) atoms. The van der Waals surface area contributed by atoms with E-state index < -0.39 is 0 Å². The molecule has 0 saturated carbocycles. The van der Waals surface area contributed by atoms with Gasteiger partial charge in [-0.1, -0.05) is 24.6 Å². The van der Waals surface area contributed by atoms with Gasteiger partial charge in [0.2, 0.25) is 5.91 Å². The van der Waals surface area contributed by atoms with Crippen LogP contribution in [0.5, 0.6) is 0 Å². The summed E-state index contributed by atoms with van der Waals surface area (Å²) in [5, 5.41) is 3.71. The lowest BCUT2D eigenvalue weighted by Gasteiger charge is -2.11. The Morgan fingerprint density at radius 1 is 1.22 bits per heavy atom. The molecule has 0 saturated heterocycles. The first-order valence-corrected chi connectivity index (χ1v) is 9.52. The minimum absolute atomic E-state index is 0.0690. The number of thiophene rings is 1. The van der Waals surface area contributed by atoms with Crippen LogP contribution in [-0.2, 0) is 17.8 Å². The summed E-state index contributed by atoms with van der Waals surface area (Å²) >= 11 is 1.32. The molecular weight excluding hydrogens is 360 g/mol. The first kappa shape index (κ1) is 17.4. The number of fused-ring (bicyclic) bond motifs is 3. The van der Waals surface area contributed by atoms with Crippen LogP contribution >= 0.6 is 11.3 Å². The summed E-state index contributed by atoms with van der Waals surface area (Å²) < 4.78 is 1.99.